The molecule has 0 amide bonds. The smallest absolute Gasteiger partial charge is 0.432 e. The number of hydrogen-bond donors (Lipinski definition) is 0. The van der Waals surface area contributed by atoms with E-state index in [0.717, 1.165) is 12.1 Å². The van der Waals surface area contributed by atoms with Crippen molar-refractivity contribution in [3.05, 3.63) is 64.5 Å². The third kappa shape index (κ3) is 4.27. The quantitative estimate of drug-likeness (QED) is 0.306. The van der Waals surface area contributed by atoms with Crippen LogP contribution in [-0.2, 0) is 15.6 Å². The van der Waals surface area contributed by atoms with Crippen molar-refractivity contribution in [3.63, 3.8) is 0 Å². The Morgan fingerprint density at radius 2 is 1.38 bits per heavy atom. The topological polar surface area (TPSA) is 35.5 Å². The van der Waals surface area contributed by atoms with E-state index in [-0.39, 0.29) is 41.6 Å². The van der Waals surface area contributed by atoms with Crippen LogP contribution in [0.3, 0.4) is 0 Å². The summed E-state index contributed by atoms with van der Waals surface area (Å²) in [7, 11) is 0. The Morgan fingerprint density at radius 1 is 0.844 bits per heavy atom. The molecule has 2 aliphatic rings. The van der Waals surface area contributed by atoms with Crippen LogP contribution < -0.4 is 4.74 Å². The Kier molecular flexibility index (Phi) is 5.81. The molecular weight excluding hydrogens is 445 g/mol. The molecule has 1 saturated carbocycles. The average Bonchev–Trinajstić information content (AvgIpc) is 2.68. The van der Waals surface area contributed by atoms with Gasteiger partial charge in [0.05, 0.1) is 6.42 Å². The van der Waals surface area contributed by atoms with Crippen LogP contribution >= 0.6 is 0 Å². The zero-order valence-electron chi connectivity index (χ0n) is 16.4. The minimum absolute atomic E-state index is 0.142. The van der Waals surface area contributed by atoms with Crippen LogP contribution in [0.15, 0.2) is 24.3 Å². The Hall–Kier alpha value is -2.78. The monoisotopic (exact) mass is 462 g/mol. The highest BCUT2D eigenvalue weighted by atomic mass is 19.3. The lowest BCUT2D eigenvalue weighted by Crippen LogP contribution is -2.40. The van der Waals surface area contributed by atoms with Gasteiger partial charge >= 0.3 is 12.1 Å². The predicted molar refractivity (Wildman–Crippen MR) is 96.4 cm³/mol. The normalized spacial score (nSPS) is 23.5. The van der Waals surface area contributed by atoms with Gasteiger partial charge in [0, 0.05) is 12.1 Å². The van der Waals surface area contributed by atoms with Gasteiger partial charge in [0.25, 0.3) is 0 Å². The third-order valence-electron chi connectivity index (χ3n) is 5.98. The van der Waals surface area contributed by atoms with Crippen LogP contribution in [0.1, 0.15) is 49.1 Å². The number of carbonyl (C=O) groups excluding carboxylic acids is 1. The molecule has 172 valence electrons. The molecule has 1 aliphatic carbocycles. The summed E-state index contributed by atoms with van der Waals surface area (Å²) in [5.74, 6) is -10.1. The van der Waals surface area contributed by atoms with Gasteiger partial charge in [-0.25, -0.2) is 22.0 Å². The molecule has 1 saturated heterocycles. The maximum atomic E-state index is 14.5. The minimum atomic E-state index is -4.62. The highest BCUT2D eigenvalue weighted by Gasteiger charge is 2.42. The summed E-state index contributed by atoms with van der Waals surface area (Å²) >= 11 is 0. The first-order valence-electron chi connectivity index (χ1n) is 9.95. The molecule has 1 heterocycles. The fraction of sp³-hybridized carbons (Fsp3) is 0.409. The summed E-state index contributed by atoms with van der Waals surface area (Å²) in [5.41, 5.74) is -1.52. The molecule has 0 radical (unpaired) electrons. The SMILES string of the molecule is O=C1CC(C2CCC(c3cc(F)c(C(F)(F)Oc4cc(F)c(F)c(F)c4)c(F)c3)CC2)O1. The largest absolute Gasteiger partial charge is 0.461 e. The molecule has 4 rings (SSSR count). The van der Waals surface area contributed by atoms with Gasteiger partial charge in [0.2, 0.25) is 0 Å². The lowest BCUT2D eigenvalue weighted by Gasteiger charge is -2.37. The number of alkyl halides is 2. The number of carbonyl (C=O) groups is 1. The maximum absolute atomic E-state index is 14.5. The molecule has 10 heteroatoms. The van der Waals surface area contributed by atoms with E-state index < -0.39 is 46.5 Å². The van der Waals surface area contributed by atoms with Crippen molar-refractivity contribution in [2.45, 2.75) is 50.2 Å². The van der Waals surface area contributed by atoms with Crippen LogP contribution in [0.5, 0.6) is 5.75 Å². The van der Waals surface area contributed by atoms with E-state index in [0.29, 0.717) is 32.1 Å². The fourth-order valence-electron chi connectivity index (χ4n) is 4.31. The van der Waals surface area contributed by atoms with Crippen molar-refractivity contribution in [1.29, 1.82) is 0 Å². The molecule has 1 unspecified atom stereocenters. The van der Waals surface area contributed by atoms with Gasteiger partial charge in [0.15, 0.2) is 17.5 Å². The van der Waals surface area contributed by atoms with Crippen LogP contribution in [0.4, 0.5) is 30.7 Å². The first-order valence-corrected chi connectivity index (χ1v) is 9.95. The van der Waals surface area contributed by atoms with Crippen LogP contribution in [-0.4, -0.2) is 12.1 Å². The number of hydrogen-bond acceptors (Lipinski definition) is 3. The minimum Gasteiger partial charge on any atom is -0.461 e. The summed E-state index contributed by atoms with van der Waals surface area (Å²) in [5, 5.41) is 0. The fourth-order valence-corrected chi connectivity index (χ4v) is 4.31. The molecule has 2 aromatic carbocycles. The van der Waals surface area contributed by atoms with E-state index in [2.05, 4.69) is 4.74 Å². The first kappa shape index (κ1) is 22.4. The third-order valence-corrected chi connectivity index (χ3v) is 5.98. The van der Waals surface area contributed by atoms with E-state index in [1.807, 2.05) is 0 Å². The molecule has 0 bridgehead atoms. The highest BCUT2D eigenvalue weighted by molar-refractivity contribution is 5.75. The molecule has 2 aromatic rings. The molecule has 0 N–H and O–H groups in total. The summed E-state index contributed by atoms with van der Waals surface area (Å²) in [4.78, 5) is 11.0. The van der Waals surface area contributed by atoms with Crippen molar-refractivity contribution in [3.8, 4) is 5.75 Å². The number of halogens is 7. The lowest BCUT2D eigenvalue weighted by atomic mass is 9.75. The van der Waals surface area contributed by atoms with Crippen LogP contribution in [0.2, 0.25) is 0 Å². The molecule has 0 aromatic heterocycles. The standard InChI is InChI=1S/C22H17F7O3/c23-14-5-12(10-1-3-11(4-2-10)18-9-19(30)31-18)6-15(24)20(14)22(28,29)32-13-7-16(25)21(27)17(26)8-13/h5-8,10-11,18H,1-4,9H2. The zero-order chi connectivity index (χ0) is 23.2. The van der Waals surface area contributed by atoms with Crippen molar-refractivity contribution in [1.82, 2.24) is 0 Å². The summed E-state index contributed by atoms with van der Waals surface area (Å²) < 4.78 is 107. The number of esters is 1. The van der Waals surface area contributed by atoms with Gasteiger partial charge in [-0.05, 0) is 55.2 Å². The molecule has 1 atom stereocenters. The van der Waals surface area contributed by atoms with Crippen molar-refractivity contribution < 1.29 is 45.0 Å². The maximum Gasteiger partial charge on any atom is 0.432 e. The number of rotatable bonds is 5. The molecule has 3 nitrogen and oxygen atoms in total. The van der Waals surface area contributed by atoms with Gasteiger partial charge in [-0.2, -0.15) is 8.78 Å². The van der Waals surface area contributed by atoms with E-state index in [1.54, 1.807) is 0 Å². The van der Waals surface area contributed by atoms with Gasteiger partial charge in [-0.1, -0.05) is 0 Å². The number of benzene rings is 2. The molecular formula is C22H17F7O3. The second kappa shape index (κ2) is 8.29. The Morgan fingerprint density at radius 3 is 1.88 bits per heavy atom. The van der Waals surface area contributed by atoms with Crippen LogP contribution in [0.25, 0.3) is 0 Å². The Bertz CT molecular complexity index is 994. The number of cyclic esters (lactones) is 1. The van der Waals surface area contributed by atoms with Crippen molar-refractivity contribution in [2.75, 3.05) is 0 Å². The average molecular weight is 462 g/mol. The van der Waals surface area contributed by atoms with Gasteiger partial charge in [0.1, 0.15) is 29.1 Å². The summed E-state index contributed by atoms with van der Waals surface area (Å²) in [6.07, 6.45) is -2.00. The van der Waals surface area contributed by atoms with Gasteiger partial charge in [-0.3, -0.25) is 4.79 Å². The van der Waals surface area contributed by atoms with Crippen molar-refractivity contribution >= 4 is 5.97 Å². The van der Waals surface area contributed by atoms with Gasteiger partial charge in [-0.15, -0.1) is 0 Å². The Labute approximate surface area is 178 Å². The van der Waals surface area contributed by atoms with E-state index in [9.17, 15) is 35.5 Å². The molecule has 32 heavy (non-hydrogen) atoms. The predicted octanol–water partition coefficient (Wildman–Crippen LogP) is 6.10. The van der Waals surface area contributed by atoms with Gasteiger partial charge < -0.3 is 9.47 Å². The zero-order valence-corrected chi connectivity index (χ0v) is 16.4. The second-order valence-corrected chi connectivity index (χ2v) is 8.02. The lowest BCUT2D eigenvalue weighted by molar-refractivity contribution is -0.189. The van der Waals surface area contributed by atoms with E-state index >= 15 is 0 Å². The number of ether oxygens (including phenoxy) is 2. The van der Waals surface area contributed by atoms with Crippen LogP contribution in [0, 0.1) is 35.0 Å². The molecule has 1 aliphatic heterocycles. The highest BCUT2D eigenvalue weighted by Crippen LogP contribution is 2.42. The molecule has 2 fully saturated rings. The first-order chi connectivity index (χ1) is 15.0. The van der Waals surface area contributed by atoms with E-state index in [1.165, 1.54) is 0 Å². The summed E-state index contributed by atoms with van der Waals surface area (Å²) in [6.45, 7) is 0. The summed E-state index contributed by atoms with van der Waals surface area (Å²) in [6, 6.07) is 1.87. The van der Waals surface area contributed by atoms with Crippen molar-refractivity contribution in [2.24, 2.45) is 5.92 Å². The van der Waals surface area contributed by atoms with E-state index in [4.69, 9.17) is 4.74 Å². The molecule has 0 spiro atoms. The Balaban J connectivity index is 1.50. The second-order valence-electron chi connectivity index (χ2n) is 8.02.